The van der Waals surface area contributed by atoms with E-state index in [1.54, 1.807) is 0 Å². The molecule has 2 N–H and O–H groups in total. The highest BCUT2D eigenvalue weighted by Crippen LogP contribution is 2.40. The van der Waals surface area contributed by atoms with Gasteiger partial charge in [0.2, 0.25) is 10.0 Å². The van der Waals surface area contributed by atoms with E-state index in [4.69, 9.17) is 0 Å². The Morgan fingerprint density at radius 2 is 1.79 bits per heavy atom. The van der Waals surface area contributed by atoms with Gasteiger partial charge in [-0.1, -0.05) is 63.2 Å². The van der Waals surface area contributed by atoms with Crippen LogP contribution in [0.25, 0.3) is 0 Å². The second-order valence-corrected chi connectivity index (χ2v) is 12.6. The lowest BCUT2D eigenvalue weighted by atomic mass is 9.78. The highest BCUT2D eigenvalue weighted by Gasteiger charge is 2.30. The van der Waals surface area contributed by atoms with Crippen molar-refractivity contribution in [2.24, 2.45) is 5.92 Å². The van der Waals surface area contributed by atoms with Crippen LogP contribution in [0.5, 0.6) is 0 Å². The Labute approximate surface area is 201 Å². The molecule has 0 aromatic heterocycles. The average molecular weight is 472 g/mol. The van der Waals surface area contributed by atoms with Gasteiger partial charge in [-0.25, -0.2) is 13.1 Å². The van der Waals surface area contributed by atoms with Crippen LogP contribution in [-0.2, 0) is 21.9 Å². The van der Waals surface area contributed by atoms with E-state index in [1.807, 2.05) is 19.0 Å². The van der Waals surface area contributed by atoms with Crippen LogP contribution in [0.1, 0.15) is 62.8 Å². The highest BCUT2D eigenvalue weighted by molar-refractivity contribution is 7.89. The lowest BCUT2D eigenvalue weighted by molar-refractivity contribution is 0.395. The molecule has 0 bridgehead atoms. The topological polar surface area (TPSA) is 61.4 Å². The molecular weight excluding hydrogens is 430 g/mol. The molecule has 1 aliphatic rings. The van der Waals surface area contributed by atoms with E-state index in [2.05, 4.69) is 79.3 Å². The molecule has 0 aliphatic carbocycles. The summed E-state index contributed by atoms with van der Waals surface area (Å²) in [6.07, 6.45) is 3.45. The van der Waals surface area contributed by atoms with E-state index in [-0.39, 0.29) is 17.2 Å². The molecule has 3 rings (SSSR count). The zero-order chi connectivity index (χ0) is 24.1. The number of nitrogens with zero attached hydrogens (tertiary/aromatic N) is 1. The first kappa shape index (κ1) is 25.7. The second kappa shape index (κ2) is 11.0. The van der Waals surface area contributed by atoms with Gasteiger partial charge in [-0.2, -0.15) is 0 Å². The van der Waals surface area contributed by atoms with Gasteiger partial charge in [0.05, 0.1) is 11.8 Å². The molecule has 2 aromatic rings. The first-order chi connectivity index (χ1) is 15.5. The number of fused-ring (bicyclic) bond motifs is 1. The summed E-state index contributed by atoms with van der Waals surface area (Å²) in [4.78, 5) is 2.01. The molecular formula is C27H41N3O2S. The predicted molar refractivity (Wildman–Crippen MR) is 139 cm³/mol. The van der Waals surface area contributed by atoms with E-state index in [9.17, 15) is 8.42 Å². The van der Waals surface area contributed by atoms with Crippen molar-refractivity contribution in [1.29, 1.82) is 0 Å². The van der Waals surface area contributed by atoms with E-state index in [0.717, 1.165) is 25.8 Å². The van der Waals surface area contributed by atoms with Crippen molar-refractivity contribution in [2.75, 3.05) is 38.3 Å². The normalized spacial score (nSPS) is 18.7. The Bertz CT molecular complexity index is 998. The fourth-order valence-corrected chi connectivity index (χ4v) is 5.68. The summed E-state index contributed by atoms with van der Waals surface area (Å²) in [6, 6.07) is 17.7. The maximum atomic E-state index is 12.3. The number of hydrogen-bond donors (Lipinski definition) is 2. The van der Waals surface area contributed by atoms with Crippen molar-refractivity contribution >= 4 is 15.7 Å². The molecule has 0 saturated carbocycles. The van der Waals surface area contributed by atoms with Crippen molar-refractivity contribution in [2.45, 2.75) is 57.9 Å². The van der Waals surface area contributed by atoms with Gasteiger partial charge < -0.3 is 10.2 Å². The van der Waals surface area contributed by atoms with Crippen LogP contribution in [0.4, 0.5) is 5.69 Å². The van der Waals surface area contributed by atoms with Crippen molar-refractivity contribution in [1.82, 2.24) is 9.62 Å². The molecule has 0 amide bonds. The van der Waals surface area contributed by atoms with Gasteiger partial charge >= 0.3 is 0 Å². The minimum Gasteiger partial charge on any atom is -0.378 e. The predicted octanol–water partition coefficient (Wildman–Crippen LogP) is 4.96. The third kappa shape index (κ3) is 7.56. The summed E-state index contributed by atoms with van der Waals surface area (Å²) in [5, 5.41) is 3.79. The molecule has 2 atom stereocenters. The molecule has 1 aliphatic heterocycles. The Morgan fingerprint density at radius 1 is 1.06 bits per heavy atom. The average Bonchev–Trinajstić information content (AvgIpc) is 2.75. The van der Waals surface area contributed by atoms with Gasteiger partial charge in [0.1, 0.15) is 0 Å². The molecule has 33 heavy (non-hydrogen) atoms. The molecule has 5 nitrogen and oxygen atoms in total. The largest absolute Gasteiger partial charge is 0.378 e. The van der Waals surface area contributed by atoms with Crippen molar-refractivity contribution in [3.05, 3.63) is 65.2 Å². The number of benzene rings is 2. The second-order valence-electron chi connectivity index (χ2n) is 10.6. The maximum Gasteiger partial charge on any atom is 0.211 e. The molecule has 0 spiro atoms. The first-order valence-corrected chi connectivity index (χ1v) is 13.8. The molecule has 1 heterocycles. The van der Waals surface area contributed by atoms with Gasteiger partial charge in [0.15, 0.2) is 0 Å². The van der Waals surface area contributed by atoms with Gasteiger partial charge in [-0.15, -0.1) is 0 Å². The zero-order valence-electron chi connectivity index (χ0n) is 20.9. The standard InChI is InChI=1S/C27H41N3O2S/c1-27(2,3)24-14-15-25-23(20-24)19-22(26(29-25)21-11-7-6-8-12-21)13-9-16-28-33(31,32)18-10-17-30(4)5/h6-8,11-12,14-15,20,22,26,28-29H,9-10,13,16-19H2,1-5H3/t22-,26+/m1/s1. The van der Waals surface area contributed by atoms with E-state index in [1.165, 1.54) is 22.4 Å². The van der Waals surface area contributed by atoms with Crippen molar-refractivity contribution < 1.29 is 8.42 Å². The molecule has 0 radical (unpaired) electrons. The van der Waals surface area contributed by atoms with Crippen LogP contribution in [0.3, 0.4) is 0 Å². The minimum atomic E-state index is -3.21. The fraction of sp³-hybridized carbons (Fsp3) is 0.556. The minimum absolute atomic E-state index is 0.117. The Morgan fingerprint density at radius 3 is 2.45 bits per heavy atom. The monoisotopic (exact) mass is 471 g/mol. The molecule has 2 aromatic carbocycles. The number of sulfonamides is 1. The van der Waals surface area contributed by atoms with Gasteiger partial charge in [-0.3, -0.25) is 0 Å². The summed E-state index contributed by atoms with van der Waals surface area (Å²) in [7, 11) is 0.716. The number of rotatable bonds is 10. The Kier molecular flexibility index (Phi) is 8.59. The maximum absolute atomic E-state index is 12.3. The molecule has 0 unspecified atom stereocenters. The molecule has 0 saturated heterocycles. The van der Waals surface area contributed by atoms with Crippen LogP contribution < -0.4 is 10.0 Å². The fourth-order valence-electron chi connectivity index (χ4n) is 4.58. The Hall–Kier alpha value is -1.89. The van der Waals surface area contributed by atoms with E-state index in [0.29, 0.717) is 18.9 Å². The highest BCUT2D eigenvalue weighted by atomic mass is 32.2. The molecule has 6 heteroatoms. The molecule has 182 valence electrons. The van der Waals surface area contributed by atoms with Crippen LogP contribution in [-0.4, -0.2) is 46.3 Å². The summed E-state index contributed by atoms with van der Waals surface area (Å²) < 4.78 is 27.4. The first-order valence-electron chi connectivity index (χ1n) is 12.1. The third-order valence-electron chi connectivity index (χ3n) is 6.49. The quantitative estimate of drug-likeness (QED) is 0.481. The summed E-state index contributed by atoms with van der Waals surface area (Å²) in [6.45, 7) is 8.03. The van der Waals surface area contributed by atoms with E-state index >= 15 is 0 Å². The SMILES string of the molecule is CN(C)CCCS(=O)(=O)NCCC[C@@H]1Cc2cc(C(C)(C)C)ccc2N[C@H]1c1ccccc1. The van der Waals surface area contributed by atoms with Gasteiger partial charge in [0.25, 0.3) is 0 Å². The van der Waals surface area contributed by atoms with Crippen molar-refractivity contribution in [3.8, 4) is 0 Å². The third-order valence-corrected chi connectivity index (χ3v) is 7.96. The number of nitrogens with one attached hydrogen (secondary N) is 2. The smallest absolute Gasteiger partial charge is 0.211 e. The van der Waals surface area contributed by atoms with Crippen LogP contribution >= 0.6 is 0 Å². The number of hydrogen-bond acceptors (Lipinski definition) is 4. The lowest BCUT2D eigenvalue weighted by Gasteiger charge is -2.36. The van der Waals surface area contributed by atoms with Crippen molar-refractivity contribution in [3.63, 3.8) is 0 Å². The number of anilines is 1. The zero-order valence-corrected chi connectivity index (χ0v) is 21.7. The van der Waals surface area contributed by atoms with Crippen LogP contribution in [0.2, 0.25) is 0 Å². The summed E-state index contributed by atoms with van der Waals surface area (Å²) >= 11 is 0. The summed E-state index contributed by atoms with van der Waals surface area (Å²) in [5.41, 5.74) is 5.34. The van der Waals surface area contributed by atoms with Gasteiger partial charge in [0, 0.05) is 12.2 Å². The van der Waals surface area contributed by atoms with Gasteiger partial charge in [-0.05, 0) is 80.4 Å². The lowest BCUT2D eigenvalue weighted by Crippen LogP contribution is -2.31. The molecule has 0 fully saturated rings. The van der Waals surface area contributed by atoms with Crippen LogP contribution in [0.15, 0.2) is 48.5 Å². The van der Waals surface area contributed by atoms with E-state index < -0.39 is 10.0 Å². The van der Waals surface area contributed by atoms with Crippen LogP contribution in [0, 0.1) is 5.92 Å². The Balaban J connectivity index is 1.67. The summed E-state index contributed by atoms with van der Waals surface area (Å²) in [5.74, 6) is 0.597.